The van der Waals surface area contributed by atoms with E-state index in [1.807, 2.05) is 0 Å². The van der Waals surface area contributed by atoms with E-state index in [2.05, 4.69) is 0 Å². The predicted molar refractivity (Wildman–Crippen MR) is 105 cm³/mol. The molecule has 0 aromatic heterocycles. The lowest BCUT2D eigenvalue weighted by Crippen LogP contribution is -2.51. The summed E-state index contributed by atoms with van der Waals surface area (Å²) in [6.07, 6.45) is 2.91. The zero-order valence-electron chi connectivity index (χ0n) is 16.7. The summed E-state index contributed by atoms with van der Waals surface area (Å²) in [6.45, 7) is 4.05. The van der Waals surface area contributed by atoms with Gasteiger partial charge in [0.05, 0.1) is 5.60 Å². The van der Waals surface area contributed by atoms with E-state index >= 15 is 0 Å². The number of halogens is 2. The van der Waals surface area contributed by atoms with Crippen LogP contribution in [0.5, 0.6) is 5.75 Å². The van der Waals surface area contributed by atoms with Gasteiger partial charge in [0.15, 0.2) is 0 Å². The molecule has 1 N–H and O–H groups in total. The summed E-state index contributed by atoms with van der Waals surface area (Å²) < 4.78 is 34.0. The maximum Gasteiger partial charge on any atom is 0.253 e. The monoisotopic (exact) mass is 401 g/mol. The molecule has 0 radical (unpaired) electrons. The Morgan fingerprint density at radius 3 is 2.48 bits per heavy atom. The molecular weight excluding hydrogens is 376 g/mol. The highest BCUT2D eigenvalue weighted by molar-refractivity contribution is 5.94. The van der Waals surface area contributed by atoms with Gasteiger partial charge < -0.3 is 14.7 Å². The van der Waals surface area contributed by atoms with Crippen molar-refractivity contribution in [3.05, 3.63) is 64.7 Å². The van der Waals surface area contributed by atoms with Crippen LogP contribution < -0.4 is 4.74 Å². The molecule has 154 valence electrons. The molecule has 2 aliphatic rings. The minimum atomic E-state index is -1.30. The second-order valence-electron chi connectivity index (χ2n) is 8.58. The van der Waals surface area contributed by atoms with Crippen LogP contribution in [0.3, 0.4) is 0 Å². The van der Waals surface area contributed by atoms with Gasteiger partial charge in [-0.1, -0.05) is 6.07 Å². The van der Waals surface area contributed by atoms with Crippen LogP contribution in [-0.2, 0) is 12.0 Å². The number of carbonyl (C=O) groups excluding carboxylic acids is 1. The van der Waals surface area contributed by atoms with Crippen molar-refractivity contribution in [2.75, 3.05) is 13.1 Å². The Labute approximate surface area is 169 Å². The van der Waals surface area contributed by atoms with Crippen molar-refractivity contribution in [1.29, 1.82) is 0 Å². The molecule has 2 aromatic carbocycles. The predicted octanol–water partition coefficient (Wildman–Crippen LogP) is 4.19. The Morgan fingerprint density at radius 1 is 1.10 bits per heavy atom. The van der Waals surface area contributed by atoms with Crippen molar-refractivity contribution in [2.24, 2.45) is 0 Å². The molecule has 1 spiro atoms. The van der Waals surface area contributed by atoms with Crippen molar-refractivity contribution in [3.63, 3.8) is 0 Å². The fourth-order valence-corrected chi connectivity index (χ4v) is 4.29. The number of hydrogen-bond acceptors (Lipinski definition) is 3. The number of aryl methyl sites for hydroxylation is 1. The van der Waals surface area contributed by atoms with Gasteiger partial charge in [0.1, 0.15) is 23.0 Å². The van der Waals surface area contributed by atoms with Gasteiger partial charge in [-0.3, -0.25) is 4.79 Å². The molecule has 0 saturated carbocycles. The van der Waals surface area contributed by atoms with Gasteiger partial charge >= 0.3 is 0 Å². The number of aliphatic hydroxyl groups is 1. The van der Waals surface area contributed by atoms with E-state index in [9.17, 15) is 18.7 Å². The minimum Gasteiger partial charge on any atom is -0.487 e. The topological polar surface area (TPSA) is 49.8 Å². The first kappa shape index (κ1) is 19.8. The Hall–Kier alpha value is -2.47. The number of carbonyl (C=O) groups is 1. The molecule has 2 heterocycles. The Balaban J connectivity index is 1.44. The highest BCUT2D eigenvalue weighted by Crippen LogP contribution is 2.39. The molecule has 2 aromatic rings. The zero-order chi connectivity index (χ0) is 20.8. The van der Waals surface area contributed by atoms with Gasteiger partial charge in [-0.05, 0) is 62.6 Å². The molecule has 2 aliphatic heterocycles. The number of amides is 1. The maximum absolute atomic E-state index is 14.4. The largest absolute Gasteiger partial charge is 0.487 e. The van der Waals surface area contributed by atoms with Gasteiger partial charge in [-0.15, -0.1) is 0 Å². The second-order valence-corrected chi connectivity index (χ2v) is 8.58. The normalized spacial score (nSPS) is 18.3. The Bertz CT molecular complexity index is 944. The van der Waals surface area contributed by atoms with Gasteiger partial charge in [-0.25, -0.2) is 8.78 Å². The minimum absolute atomic E-state index is 0.164. The van der Waals surface area contributed by atoms with Gasteiger partial charge in [-0.2, -0.15) is 0 Å². The van der Waals surface area contributed by atoms with Crippen LogP contribution in [0.15, 0.2) is 36.4 Å². The third-order valence-corrected chi connectivity index (χ3v) is 6.04. The number of fused-ring (bicyclic) bond motifs is 1. The van der Waals surface area contributed by atoms with Crippen LogP contribution in [0.4, 0.5) is 8.78 Å². The molecule has 0 unspecified atom stereocenters. The lowest BCUT2D eigenvalue weighted by atomic mass is 9.83. The summed E-state index contributed by atoms with van der Waals surface area (Å²) in [4.78, 5) is 14.5. The van der Waals surface area contributed by atoms with E-state index in [0.717, 1.165) is 24.2 Å². The fraction of sp³-hybridized carbons (Fsp3) is 0.435. The van der Waals surface area contributed by atoms with Crippen LogP contribution in [0, 0.1) is 11.6 Å². The van der Waals surface area contributed by atoms with Crippen LogP contribution >= 0.6 is 0 Å². The van der Waals surface area contributed by atoms with E-state index in [1.165, 1.54) is 38.1 Å². The summed E-state index contributed by atoms with van der Waals surface area (Å²) in [5.41, 5.74) is -0.316. The van der Waals surface area contributed by atoms with E-state index in [4.69, 9.17) is 4.74 Å². The van der Waals surface area contributed by atoms with Crippen molar-refractivity contribution in [3.8, 4) is 5.75 Å². The second kappa shape index (κ2) is 7.10. The van der Waals surface area contributed by atoms with Gasteiger partial charge in [0.25, 0.3) is 5.91 Å². The standard InChI is InChI=1S/C23H25F2NO3/c1-22(2,28)18-5-3-16(14-19(18)25)21(27)26-11-9-23(10-12-26)8-7-15-13-17(24)4-6-20(15)29-23/h3-6,13-14,28H,7-12H2,1-2H3. The number of rotatable bonds is 2. The number of piperidine rings is 1. The summed E-state index contributed by atoms with van der Waals surface area (Å²) in [5, 5.41) is 10.0. The van der Waals surface area contributed by atoms with Crippen molar-refractivity contribution in [1.82, 2.24) is 4.90 Å². The van der Waals surface area contributed by atoms with Crippen LogP contribution in [0.1, 0.15) is 54.6 Å². The summed E-state index contributed by atoms with van der Waals surface area (Å²) in [6, 6.07) is 8.83. The molecule has 1 saturated heterocycles. The lowest BCUT2D eigenvalue weighted by molar-refractivity contribution is -0.0108. The van der Waals surface area contributed by atoms with Crippen LogP contribution in [-0.4, -0.2) is 34.6 Å². The third kappa shape index (κ3) is 3.86. The number of hydrogen-bond donors (Lipinski definition) is 1. The van der Waals surface area contributed by atoms with E-state index in [-0.39, 0.29) is 28.5 Å². The molecule has 29 heavy (non-hydrogen) atoms. The summed E-state index contributed by atoms with van der Waals surface area (Å²) in [5.74, 6) is -0.344. The average molecular weight is 401 g/mol. The first-order chi connectivity index (χ1) is 13.7. The van der Waals surface area contributed by atoms with Crippen molar-refractivity contribution in [2.45, 2.75) is 50.7 Å². The smallest absolute Gasteiger partial charge is 0.253 e. The molecule has 0 aliphatic carbocycles. The molecule has 4 rings (SSSR count). The highest BCUT2D eigenvalue weighted by atomic mass is 19.1. The number of benzene rings is 2. The molecular formula is C23H25F2NO3. The zero-order valence-corrected chi connectivity index (χ0v) is 16.7. The van der Waals surface area contributed by atoms with Gasteiger partial charge in [0.2, 0.25) is 0 Å². The lowest BCUT2D eigenvalue weighted by Gasteiger charge is -2.44. The Kier molecular flexibility index (Phi) is 4.85. The van der Waals surface area contributed by atoms with E-state index in [0.29, 0.717) is 25.9 Å². The molecule has 6 heteroatoms. The number of likely N-dealkylation sites (tertiary alicyclic amines) is 1. The van der Waals surface area contributed by atoms with Crippen LogP contribution in [0.2, 0.25) is 0 Å². The van der Waals surface area contributed by atoms with E-state index < -0.39 is 11.4 Å². The number of ether oxygens (including phenoxy) is 1. The Morgan fingerprint density at radius 2 is 1.83 bits per heavy atom. The molecule has 1 fully saturated rings. The van der Waals surface area contributed by atoms with Crippen molar-refractivity contribution < 1.29 is 23.4 Å². The highest BCUT2D eigenvalue weighted by Gasteiger charge is 2.40. The molecule has 4 nitrogen and oxygen atoms in total. The maximum atomic E-state index is 14.4. The third-order valence-electron chi connectivity index (χ3n) is 6.04. The van der Waals surface area contributed by atoms with Gasteiger partial charge in [0, 0.05) is 37.1 Å². The summed E-state index contributed by atoms with van der Waals surface area (Å²) in [7, 11) is 0. The first-order valence-corrected chi connectivity index (χ1v) is 9.96. The fourth-order valence-electron chi connectivity index (χ4n) is 4.29. The molecule has 0 atom stereocenters. The van der Waals surface area contributed by atoms with Crippen LogP contribution in [0.25, 0.3) is 0 Å². The molecule has 0 bridgehead atoms. The number of nitrogens with zero attached hydrogens (tertiary/aromatic N) is 1. The SMILES string of the molecule is CC(C)(O)c1ccc(C(=O)N2CCC3(CCc4cc(F)ccc4O3)CC2)cc1F. The average Bonchev–Trinajstić information content (AvgIpc) is 2.67. The first-order valence-electron chi connectivity index (χ1n) is 9.96. The quantitative estimate of drug-likeness (QED) is 0.821. The summed E-state index contributed by atoms with van der Waals surface area (Å²) >= 11 is 0. The van der Waals surface area contributed by atoms with Crippen molar-refractivity contribution >= 4 is 5.91 Å². The van der Waals surface area contributed by atoms with E-state index in [1.54, 1.807) is 17.0 Å². The molecule has 1 amide bonds.